The summed E-state index contributed by atoms with van der Waals surface area (Å²) in [5, 5.41) is 12.9. The Morgan fingerprint density at radius 2 is 2.15 bits per heavy atom. The van der Waals surface area contributed by atoms with Crippen LogP contribution in [0.15, 0.2) is 53.4 Å². The number of carbonyl (C=O) groups excluding carboxylic acids is 1. The third-order valence-corrected chi connectivity index (χ3v) is 5.48. The molecule has 2 unspecified atom stereocenters. The number of halogens is 1. The number of carbonyl (C=O) groups is 1. The first-order chi connectivity index (χ1) is 12.6. The molecule has 3 rings (SSSR count). The molecule has 138 valence electrons. The average Bonchev–Trinajstić information content (AvgIpc) is 3.18. The summed E-state index contributed by atoms with van der Waals surface area (Å²) in [5.41, 5.74) is 1.01. The molecular weight excluding hydrogens is 353 g/mol. The summed E-state index contributed by atoms with van der Waals surface area (Å²) >= 11 is 1.61. The van der Waals surface area contributed by atoms with Gasteiger partial charge in [0.1, 0.15) is 5.82 Å². The van der Waals surface area contributed by atoms with Crippen LogP contribution >= 0.6 is 11.8 Å². The first-order valence-electron chi connectivity index (χ1n) is 8.68. The van der Waals surface area contributed by atoms with Crippen LogP contribution < -0.4 is 5.32 Å². The number of hydrogen-bond acceptors (Lipinski definition) is 4. The second-order valence-electron chi connectivity index (χ2n) is 6.22. The Labute approximate surface area is 156 Å². The van der Waals surface area contributed by atoms with E-state index in [0.717, 1.165) is 30.1 Å². The molecule has 0 spiro atoms. The van der Waals surface area contributed by atoms with Crippen molar-refractivity contribution in [3.05, 3.63) is 65.5 Å². The minimum Gasteiger partial charge on any atom is -0.387 e. The van der Waals surface area contributed by atoms with Gasteiger partial charge in [-0.15, -0.1) is 11.8 Å². The summed E-state index contributed by atoms with van der Waals surface area (Å²) in [6, 6.07) is 13.1. The molecule has 0 aromatic heterocycles. The lowest BCUT2D eigenvalue weighted by molar-refractivity contribution is 0.0913. The highest BCUT2D eigenvalue weighted by Gasteiger charge is 2.18. The van der Waals surface area contributed by atoms with Crippen molar-refractivity contribution in [2.24, 2.45) is 0 Å². The van der Waals surface area contributed by atoms with Crippen molar-refractivity contribution < 1.29 is 19.0 Å². The van der Waals surface area contributed by atoms with E-state index in [4.69, 9.17) is 4.74 Å². The van der Waals surface area contributed by atoms with Gasteiger partial charge >= 0.3 is 0 Å². The number of aliphatic hydroxyl groups excluding tert-OH is 1. The molecule has 1 saturated heterocycles. The molecule has 1 aliphatic heterocycles. The minimum absolute atomic E-state index is 0.0209. The summed E-state index contributed by atoms with van der Waals surface area (Å²) in [6.45, 7) is 0.832. The van der Waals surface area contributed by atoms with E-state index in [1.54, 1.807) is 23.9 Å². The number of nitrogens with one attached hydrogen (secondary N) is 1. The maximum atomic E-state index is 13.2. The van der Waals surface area contributed by atoms with Gasteiger partial charge in [0.2, 0.25) is 0 Å². The highest BCUT2D eigenvalue weighted by molar-refractivity contribution is 7.99. The second-order valence-corrected chi connectivity index (χ2v) is 7.28. The molecule has 6 heteroatoms. The predicted molar refractivity (Wildman–Crippen MR) is 99.8 cm³/mol. The van der Waals surface area contributed by atoms with Gasteiger partial charge in [-0.25, -0.2) is 4.39 Å². The monoisotopic (exact) mass is 375 g/mol. The van der Waals surface area contributed by atoms with Crippen molar-refractivity contribution in [1.82, 2.24) is 5.32 Å². The van der Waals surface area contributed by atoms with E-state index in [-0.39, 0.29) is 18.6 Å². The molecule has 0 bridgehead atoms. The van der Waals surface area contributed by atoms with Gasteiger partial charge in [-0.2, -0.15) is 0 Å². The van der Waals surface area contributed by atoms with Crippen molar-refractivity contribution in [3.8, 4) is 0 Å². The van der Waals surface area contributed by atoms with Crippen molar-refractivity contribution in [2.45, 2.75) is 29.9 Å². The fraction of sp³-hybridized carbons (Fsp3) is 0.350. The number of thioether (sulfide) groups is 1. The van der Waals surface area contributed by atoms with Crippen LogP contribution in [0.1, 0.15) is 34.9 Å². The van der Waals surface area contributed by atoms with E-state index in [2.05, 4.69) is 5.32 Å². The Bertz CT molecular complexity index is 749. The van der Waals surface area contributed by atoms with Gasteiger partial charge in [-0.3, -0.25) is 4.79 Å². The minimum atomic E-state index is -0.957. The number of rotatable bonds is 7. The largest absolute Gasteiger partial charge is 0.387 e. The van der Waals surface area contributed by atoms with Crippen molar-refractivity contribution >= 4 is 17.7 Å². The van der Waals surface area contributed by atoms with Crippen LogP contribution in [0.5, 0.6) is 0 Å². The van der Waals surface area contributed by atoms with Crippen LogP contribution in [0.3, 0.4) is 0 Å². The Morgan fingerprint density at radius 3 is 2.92 bits per heavy atom. The fourth-order valence-corrected chi connectivity index (χ4v) is 3.97. The highest BCUT2D eigenvalue weighted by atomic mass is 32.2. The topological polar surface area (TPSA) is 58.6 Å². The average molecular weight is 375 g/mol. The number of benzene rings is 2. The van der Waals surface area contributed by atoms with Gasteiger partial charge in [0, 0.05) is 23.8 Å². The lowest BCUT2D eigenvalue weighted by Gasteiger charge is -2.15. The maximum absolute atomic E-state index is 13.2. The van der Waals surface area contributed by atoms with Crippen LogP contribution in [0.25, 0.3) is 0 Å². The van der Waals surface area contributed by atoms with Gasteiger partial charge in [0.05, 0.1) is 17.8 Å². The molecule has 1 heterocycles. The predicted octanol–water partition coefficient (Wildman–Crippen LogP) is 3.56. The van der Waals surface area contributed by atoms with Crippen molar-refractivity contribution in [3.63, 3.8) is 0 Å². The summed E-state index contributed by atoms with van der Waals surface area (Å²) in [5.74, 6) is 0.149. The van der Waals surface area contributed by atoms with Crippen LogP contribution in [0, 0.1) is 5.82 Å². The maximum Gasteiger partial charge on any atom is 0.252 e. The lowest BCUT2D eigenvalue weighted by Crippen LogP contribution is -2.28. The zero-order valence-corrected chi connectivity index (χ0v) is 15.2. The Hall–Kier alpha value is -1.89. The molecule has 1 aliphatic rings. The summed E-state index contributed by atoms with van der Waals surface area (Å²) < 4.78 is 18.9. The Balaban J connectivity index is 1.58. The Morgan fingerprint density at radius 1 is 1.31 bits per heavy atom. The summed E-state index contributed by atoms with van der Waals surface area (Å²) in [4.78, 5) is 13.4. The van der Waals surface area contributed by atoms with Crippen LogP contribution in [-0.4, -0.2) is 36.0 Å². The molecule has 26 heavy (non-hydrogen) atoms. The van der Waals surface area contributed by atoms with Gasteiger partial charge in [0.25, 0.3) is 5.91 Å². The normalized spacial score (nSPS) is 17.8. The molecule has 2 N–H and O–H groups in total. The molecule has 1 amide bonds. The summed E-state index contributed by atoms with van der Waals surface area (Å²) in [6.07, 6.45) is 1.43. The Kier molecular flexibility index (Phi) is 6.66. The second kappa shape index (κ2) is 9.16. The van der Waals surface area contributed by atoms with Gasteiger partial charge in [-0.1, -0.05) is 24.3 Å². The number of hydrogen-bond donors (Lipinski definition) is 2. The van der Waals surface area contributed by atoms with Crippen LogP contribution in [-0.2, 0) is 4.74 Å². The van der Waals surface area contributed by atoms with Gasteiger partial charge in [-0.05, 0) is 42.7 Å². The molecule has 1 fully saturated rings. The molecule has 0 saturated carbocycles. The summed E-state index contributed by atoms with van der Waals surface area (Å²) in [7, 11) is 0. The van der Waals surface area contributed by atoms with E-state index in [1.807, 2.05) is 18.2 Å². The fourth-order valence-electron chi connectivity index (χ4n) is 2.85. The molecule has 0 radical (unpaired) electrons. The molecule has 0 aliphatic carbocycles. The van der Waals surface area contributed by atoms with E-state index < -0.39 is 11.9 Å². The standard InChI is InChI=1S/C20H22FNO3S/c21-15-6-3-5-14(11-15)18(23)12-22-20(24)17-8-1-2-9-19(17)26-13-16-7-4-10-25-16/h1-3,5-6,8-9,11,16,18,23H,4,7,10,12-13H2,(H,22,24). The van der Waals surface area contributed by atoms with E-state index >= 15 is 0 Å². The third kappa shape index (κ3) is 5.06. The zero-order chi connectivity index (χ0) is 18.4. The first-order valence-corrected chi connectivity index (χ1v) is 9.67. The lowest BCUT2D eigenvalue weighted by atomic mass is 10.1. The SMILES string of the molecule is O=C(NCC(O)c1cccc(F)c1)c1ccccc1SCC1CCCO1. The molecular formula is C20H22FNO3S. The molecule has 2 aromatic carbocycles. The van der Waals surface area contributed by atoms with Gasteiger partial charge < -0.3 is 15.2 Å². The molecule has 4 nitrogen and oxygen atoms in total. The first kappa shape index (κ1) is 18.9. The third-order valence-electron chi connectivity index (χ3n) is 4.27. The van der Waals surface area contributed by atoms with Crippen LogP contribution in [0.2, 0.25) is 0 Å². The molecule has 2 aromatic rings. The number of aliphatic hydroxyl groups is 1. The quantitative estimate of drug-likeness (QED) is 0.727. The van der Waals surface area contributed by atoms with E-state index in [1.165, 1.54) is 18.2 Å². The number of ether oxygens (including phenoxy) is 1. The van der Waals surface area contributed by atoms with Gasteiger partial charge in [0.15, 0.2) is 0 Å². The zero-order valence-electron chi connectivity index (χ0n) is 14.4. The van der Waals surface area contributed by atoms with E-state index in [9.17, 15) is 14.3 Å². The van der Waals surface area contributed by atoms with Crippen molar-refractivity contribution in [2.75, 3.05) is 18.9 Å². The van der Waals surface area contributed by atoms with Crippen molar-refractivity contribution in [1.29, 1.82) is 0 Å². The van der Waals surface area contributed by atoms with E-state index in [0.29, 0.717) is 11.1 Å². The van der Waals surface area contributed by atoms with Crippen LogP contribution in [0.4, 0.5) is 4.39 Å². The smallest absolute Gasteiger partial charge is 0.252 e. The molecule has 2 atom stereocenters. The number of amides is 1. The highest BCUT2D eigenvalue weighted by Crippen LogP contribution is 2.27.